The van der Waals surface area contributed by atoms with Crippen LogP contribution in [0.3, 0.4) is 0 Å². The van der Waals surface area contributed by atoms with E-state index in [0.717, 1.165) is 3.57 Å². The molecule has 10 nitrogen and oxygen atoms in total. The van der Waals surface area contributed by atoms with Gasteiger partial charge in [0.05, 0.1) is 35.9 Å². The van der Waals surface area contributed by atoms with Crippen molar-refractivity contribution in [2.24, 2.45) is 0 Å². The monoisotopic (exact) mass is 672 g/mol. The first-order valence-corrected chi connectivity index (χ1v) is 14.0. The second-order valence-electron chi connectivity index (χ2n) is 9.50. The summed E-state index contributed by atoms with van der Waals surface area (Å²) in [6.07, 6.45) is 2.48. The molecule has 214 valence electrons. The molecule has 0 saturated carbocycles. The second-order valence-corrected chi connectivity index (χ2v) is 10.7. The molecule has 1 aliphatic rings. The number of nitrogens with one attached hydrogen (secondary N) is 1. The third-order valence-corrected chi connectivity index (χ3v) is 7.74. The van der Waals surface area contributed by atoms with Crippen molar-refractivity contribution in [3.63, 3.8) is 0 Å². The van der Waals surface area contributed by atoms with Gasteiger partial charge < -0.3 is 38.7 Å². The molecule has 2 heterocycles. The number of methoxy groups -OCH3 is 1. The van der Waals surface area contributed by atoms with Gasteiger partial charge in [-0.25, -0.2) is 0 Å². The highest BCUT2D eigenvalue weighted by Crippen LogP contribution is 2.33. The highest BCUT2D eigenvalue weighted by atomic mass is 127. The lowest BCUT2D eigenvalue weighted by Gasteiger charge is -2.40. The van der Waals surface area contributed by atoms with Crippen molar-refractivity contribution in [2.45, 2.75) is 31.2 Å². The molecule has 0 spiro atoms. The Morgan fingerprint density at radius 1 is 1.15 bits per heavy atom. The molecule has 0 fully saturated rings. The summed E-state index contributed by atoms with van der Waals surface area (Å²) in [5, 5.41) is 24.2. The van der Waals surface area contributed by atoms with Crippen molar-refractivity contribution in [1.82, 2.24) is 10.2 Å². The summed E-state index contributed by atoms with van der Waals surface area (Å²) < 4.78 is 23.6. The van der Waals surface area contributed by atoms with Crippen LogP contribution < -0.4 is 14.8 Å². The van der Waals surface area contributed by atoms with Crippen LogP contribution in [-0.4, -0.2) is 65.4 Å². The number of para-hydroxylation sites is 2. The molecule has 4 aromatic rings. The number of carbonyl (C=O) groups is 2. The van der Waals surface area contributed by atoms with Crippen LogP contribution in [0.15, 0.2) is 87.6 Å². The van der Waals surface area contributed by atoms with E-state index in [9.17, 15) is 19.8 Å². The molecule has 0 saturated heterocycles. The molecule has 0 bridgehead atoms. The normalized spacial score (nSPS) is 18.5. The number of hydrogen-bond donors (Lipinski definition) is 3. The van der Waals surface area contributed by atoms with Crippen LogP contribution in [0.4, 0.5) is 0 Å². The average Bonchev–Trinajstić information content (AvgIpc) is 3.66. The summed E-state index contributed by atoms with van der Waals surface area (Å²) in [4.78, 5) is 28.6. The van der Waals surface area contributed by atoms with Gasteiger partial charge in [-0.1, -0.05) is 24.3 Å². The van der Waals surface area contributed by atoms with Crippen molar-refractivity contribution in [3.05, 3.63) is 93.7 Å². The van der Waals surface area contributed by atoms with Gasteiger partial charge in [0.2, 0.25) is 5.91 Å². The number of aliphatic hydroxyl groups is 2. The molecule has 3 N–H and O–H groups in total. The van der Waals surface area contributed by atoms with E-state index < -0.39 is 30.1 Å². The van der Waals surface area contributed by atoms with Crippen LogP contribution >= 0.6 is 22.6 Å². The molecule has 2 aromatic carbocycles. The van der Waals surface area contributed by atoms with E-state index in [0.29, 0.717) is 33.6 Å². The lowest BCUT2D eigenvalue weighted by atomic mass is 9.87. The Bertz CT molecular complexity index is 1550. The zero-order valence-corrected chi connectivity index (χ0v) is 24.3. The van der Waals surface area contributed by atoms with Crippen LogP contribution in [0.1, 0.15) is 22.5 Å². The fourth-order valence-electron chi connectivity index (χ4n) is 4.83. The molecular formula is C30H29IN2O8. The molecule has 11 heteroatoms. The molecule has 41 heavy (non-hydrogen) atoms. The first-order valence-electron chi connectivity index (χ1n) is 13.0. The summed E-state index contributed by atoms with van der Waals surface area (Å²) in [6.45, 7) is -0.0931. The summed E-state index contributed by atoms with van der Waals surface area (Å²) >= 11 is 2.13. The minimum atomic E-state index is -1.20. The molecule has 3 atom stereocenters. The SMILES string of the molecule is COc1cccc2cc(C(=O)N(Cc3ccoc3)[C@@H]3CC(C(=O)NCCO)=C[C@H](Oc4ccccc4I)[C@H]3O)oc12. The van der Waals surface area contributed by atoms with Crippen LogP contribution in [-0.2, 0) is 11.3 Å². The van der Waals surface area contributed by atoms with Crippen LogP contribution in [0, 0.1) is 3.57 Å². The number of carbonyl (C=O) groups excluding carboxylic acids is 2. The number of hydrogen-bond acceptors (Lipinski definition) is 8. The lowest BCUT2D eigenvalue weighted by molar-refractivity contribution is -0.118. The van der Waals surface area contributed by atoms with Crippen molar-refractivity contribution >= 4 is 45.4 Å². The van der Waals surface area contributed by atoms with E-state index in [-0.39, 0.29) is 31.9 Å². The summed E-state index contributed by atoms with van der Waals surface area (Å²) in [6, 6.07) is 15.1. The summed E-state index contributed by atoms with van der Waals surface area (Å²) in [7, 11) is 1.52. The van der Waals surface area contributed by atoms with E-state index in [1.807, 2.05) is 24.3 Å². The van der Waals surface area contributed by atoms with E-state index >= 15 is 0 Å². The van der Waals surface area contributed by atoms with E-state index in [4.69, 9.17) is 18.3 Å². The third kappa shape index (κ3) is 6.26. The van der Waals surface area contributed by atoms with Crippen molar-refractivity contribution in [2.75, 3.05) is 20.3 Å². The molecule has 2 amide bonds. The van der Waals surface area contributed by atoms with E-state index in [1.54, 1.807) is 36.4 Å². The number of halogens is 1. The molecule has 0 radical (unpaired) electrons. The van der Waals surface area contributed by atoms with Gasteiger partial charge in [0, 0.05) is 36.0 Å². The molecule has 5 rings (SSSR count). The van der Waals surface area contributed by atoms with Crippen molar-refractivity contribution in [3.8, 4) is 11.5 Å². The number of fused-ring (bicyclic) bond motifs is 1. The average molecular weight is 672 g/mol. The predicted octanol–water partition coefficient (Wildman–Crippen LogP) is 3.90. The van der Waals surface area contributed by atoms with Crippen LogP contribution in [0.2, 0.25) is 0 Å². The van der Waals surface area contributed by atoms with E-state index in [1.165, 1.54) is 24.5 Å². The van der Waals surface area contributed by atoms with Gasteiger partial charge in [-0.15, -0.1) is 0 Å². The Morgan fingerprint density at radius 3 is 2.68 bits per heavy atom. The Kier molecular flexibility index (Phi) is 8.96. The predicted molar refractivity (Wildman–Crippen MR) is 158 cm³/mol. The number of rotatable bonds is 10. The molecular weight excluding hydrogens is 643 g/mol. The van der Waals surface area contributed by atoms with Gasteiger partial charge in [-0.2, -0.15) is 0 Å². The smallest absolute Gasteiger partial charge is 0.290 e. The maximum Gasteiger partial charge on any atom is 0.290 e. The van der Waals surface area contributed by atoms with Crippen molar-refractivity contribution < 1.29 is 38.1 Å². The molecule has 2 aromatic heterocycles. The van der Waals surface area contributed by atoms with Gasteiger partial charge in [0.25, 0.3) is 5.91 Å². The number of amides is 2. The standard InChI is InChI=1S/C30H29IN2O8/c1-38-24-8-4-5-19-14-26(41-28(19)24)30(37)33(16-18-9-12-39-17-18)22-13-20(29(36)32-10-11-34)15-25(27(22)35)40-23-7-3-2-6-21(23)31/h2-9,12,14-15,17,22,25,27,34-35H,10-11,13,16H2,1H3,(H,32,36)/t22-,25+,27+/m1/s1. The third-order valence-electron chi connectivity index (χ3n) is 6.85. The van der Waals surface area contributed by atoms with Crippen LogP contribution in [0.5, 0.6) is 11.5 Å². The lowest BCUT2D eigenvalue weighted by Crippen LogP contribution is -2.54. The molecule has 1 aliphatic carbocycles. The maximum atomic E-state index is 14.1. The van der Waals surface area contributed by atoms with E-state index in [2.05, 4.69) is 27.9 Å². The first kappa shape index (κ1) is 28.7. The largest absolute Gasteiger partial charge is 0.493 e. The fraction of sp³-hybridized carbons (Fsp3) is 0.267. The highest BCUT2D eigenvalue weighted by Gasteiger charge is 2.41. The Morgan fingerprint density at radius 2 is 1.95 bits per heavy atom. The van der Waals surface area contributed by atoms with Gasteiger partial charge in [0.1, 0.15) is 18.0 Å². The minimum absolute atomic E-state index is 0.0390. The number of nitrogens with zero attached hydrogens (tertiary/aromatic N) is 1. The number of ether oxygens (including phenoxy) is 2. The number of furan rings is 2. The van der Waals surface area contributed by atoms with Crippen LogP contribution in [0.25, 0.3) is 11.0 Å². The molecule has 0 unspecified atom stereocenters. The van der Waals surface area contributed by atoms with Crippen molar-refractivity contribution in [1.29, 1.82) is 0 Å². The van der Waals surface area contributed by atoms with Gasteiger partial charge in [0.15, 0.2) is 17.1 Å². The maximum absolute atomic E-state index is 14.1. The number of benzene rings is 2. The van der Waals surface area contributed by atoms with Gasteiger partial charge >= 0.3 is 0 Å². The zero-order valence-electron chi connectivity index (χ0n) is 22.2. The minimum Gasteiger partial charge on any atom is -0.493 e. The fourth-order valence-corrected chi connectivity index (χ4v) is 5.34. The first-order chi connectivity index (χ1) is 19.9. The topological polar surface area (TPSA) is 135 Å². The number of aliphatic hydroxyl groups excluding tert-OH is 2. The van der Waals surface area contributed by atoms with Gasteiger partial charge in [-0.05, 0) is 59.0 Å². The Hall–Kier alpha value is -3.81. The van der Waals surface area contributed by atoms with Gasteiger partial charge in [-0.3, -0.25) is 9.59 Å². The highest BCUT2D eigenvalue weighted by molar-refractivity contribution is 14.1. The summed E-state index contributed by atoms with van der Waals surface area (Å²) in [5.41, 5.74) is 1.44. The Labute approximate surface area is 249 Å². The second kappa shape index (κ2) is 12.8. The quantitative estimate of drug-likeness (QED) is 0.216. The molecule has 0 aliphatic heterocycles. The zero-order chi connectivity index (χ0) is 28.9. The Balaban J connectivity index is 1.54. The summed E-state index contributed by atoms with van der Waals surface area (Å²) in [5.74, 6) is 0.157.